The number of ether oxygens (including phenoxy) is 1. The summed E-state index contributed by atoms with van der Waals surface area (Å²) < 4.78 is 5.30. The zero-order valence-corrected chi connectivity index (χ0v) is 13.2. The SMILES string of the molecule is Cc1ccsc1CN(C)C(=O)c1ccc2c(c1)NC(=O)CO2. The molecule has 0 spiro atoms. The molecular weight excluding hydrogens is 300 g/mol. The van der Waals surface area contributed by atoms with E-state index in [2.05, 4.69) is 5.32 Å². The number of amides is 2. The van der Waals surface area contributed by atoms with Crippen LogP contribution in [-0.2, 0) is 11.3 Å². The molecule has 0 unspecified atom stereocenters. The van der Waals surface area contributed by atoms with Crippen molar-refractivity contribution in [1.29, 1.82) is 0 Å². The predicted molar refractivity (Wildman–Crippen MR) is 85.4 cm³/mol. The van der Waals surface area contributed by atoms with Gasteiger partial charge in [0.15, 0.2) is 6.61 Å². The highest BCUT2D eigenvalue weighted by Gasteiger charge is 2.19. The van der Waals surface area contributed by atoms with Crippen LogP contribution < -0.4 is 10.1 Å². The van der Waals surface area contributed by atoms with Gasteiger partial charge in [0, 0.05) is 17.5 Å². The predicted octanol–water partition coefficient (Wildman–Crippen LogP) is 2.66. The molecule has 0 saturated carbocycles. The van der Waals surface area contributed by atoms with Crippen molar-refractivity contribution in [3.63, 3.8) is 0 Å². The van der Waals surface area contributed by atoms with E-state index >= 15 is 0 Å². The Morgan fingerprint density at radius 1 is 1.41 bits per heavy atom. The van der Waals surface area contributed by atoms with Crippen LogP contribution in [0.25, 0.3) is 0 Å². The molecule has 1 aliphatic heterocycles. The first kappa shape index (κ1) is 14.6. The van der Waals surface area contributed by atoms with E-state index in [1.165, 1.54) is 10.4 Å². The fourth-order valence-electron chi connectivity index (χ4n) is 2.29. The number of hydrogen-bond donors (Lipinski definition) is 1. The lowest BCUT2D eigenvalue weighted by molar-refractivity contribution is -0.118. The normalized spacial score (nSPS) is 13.1. The minimum atomic E-state index is -0.209. The molecule has 5 nitrogen and oxygen atoms in total. The second-order valence-corrected chi connectivity index (χ2v) is 6.24. The van der Waals surface area contributed by atoms with Crippen LogP contribution >= 0.6 is 11.3 Å². The summed E-state index contributed by atoms with van der Waals surface area (Å²) in [5, 5.41) is 4.74. The topological polar surface area (TPSA) is 58.6 Å². The molecular formula is C16H16N2O3S. The van der Waals surface area contributed by atoms with E-state index in [1.54, 1.807) is 41.5 Å². The van der Waals surface area contributed by atoms with Gasteiger partial charge in [-0.1, -0.05) is 0 Å². The summed E-state index contributed by atoms with van der Waals surface area (Å²) in [7, 11) is 1.77. The summed E-state index contributed by atoms with van der Waals surface area (Å²) in [5.41, 5.74) is 2.26. The van der Waals surface area contributed by atoms with Crippen LogP contribution in [0.5, 0.6) is 5.75 Å². The molecule has 0 bridgehead atoms. The van der Waals surface area contributed by atoms with Crippen molar-refractivity contribution in [3.8, 4) is 5.75 Å². The van der Waals surface area contributed by atoms with Gasteiger partial charge in [-0.25, -0.2) is 0 Å². The van der Waals surface area contributed by atoms with Crippen molar-refractivity contribution in [2.24, 2.45) is 0 Å². The van der Waals surface area contributed by atoms with Crippen molar-refractivity contribution in [3.05, 3.63) is 45.6 Å². The Morgan fingerprint density at radius 2 is 2.23 bits per heavy atom. The lowest BCUT2D eigenvalue weighted by Gasteiger charge is -2.20. The van der Waals surface area contributed by atoms with Crippen LogP contribution in [-0.4, -0.2) is 30.4 Å². The average Bonchev–Trinajstić information content (AvgIpc) is 2.90. The number of carbonyl (C=O) groups excluding carboxylic acids is 2. The third-order valence-corrected chi connectivity index (χ3v) is 4.56. The Kier molecular flexibility index (Phi) is 3.85. The van der Waals surface area contributed by atoms with Crippen molar-refractivity contribution < 1.29 is 14.3 Å². The number of carbonyl (C=O) groups is 2. The molecule has 0 aliphatic carbocycles. The standard InChI is InChI=1S/C16H16N2O3S/c1-10-5-6-22-14(10)8-18(2)16(20)11-3-4-13-12(7-11)17-15(19)9-21-13/h3-7H,8-9H2,1-2H3,(H,17,19). The second-order valence-electron chi connectivity index (χ2n) is 5.24. The maximum Gasteiger partial charge on any atom is 0.262 e. The van der Waals surface area contributed by atoms with Crippen molar-refractivity contribution in [2.45, 2.75) is 13.5 Å². The highest BCUT2D eigenvalue weighted by molar-refractivity contribution is 7.10. The van der Waals surface area contributed by atoms with Gasteiger partial charge in [0.2, 0.25) is 0 Å². The van der Waals surface area contributed by atoms with E-state index in [0.29, 0.717) is 23.5 Å². The molecule has 2 heterocycles. The monoisotopic (exact) mass is 316 g/mol. The molecule has 0 saturated heterocycles. The summed E-state index contributed by atoms with van der Waals surface area (Å²) >= 11 is 1.64. The summed E-state index contributed by atoms with van der Waals surface area (Å²) in [5.74, 6) is 0.294. The fraction of sp³-hybridized carbons (Fsp3) is 0.250. The highest BCUT2D eigenvalue weighted by Crippen LogP contribution is 2.29. The molecule has 2 aromatic rings. The van der Waals surface area contributed by atoms with Crippen LogP contribution in [0.1, 0.15) is 20.8 Å². The highest BCUT2D eigenvalue weighted by atomic mass is 32.1. The molecule has 2 amide bonds. The molecule has 6 heteroatoms. The third kappa shape index (κ3) is 2.82. The molecule has 0 radical (unpaired) electrons. The number of rotatable bonds is 3. The number of anilines is 1. The van der Waals surface area contributed by atoms with Gasteiger partial charge in [-0.05, 0) is 42.1 Å². The summed E-state index contributed by atoms with van der Waals surface area (Å²) in [6.45, 7) is 2.62. The lowest BCUT2D eigenvalue weighted by atomic mass is 10.1. The van der Waals surface area contributed by atoms with E-state index in [4.69, 9.17) is 4.74 Å². The first-order chi connectivity index (χ1) is 10.5. The number of nitrogens with one attached hydrogen (secondary N) is 1. The van der Waals surface area contributed by atoms with E-state index in [-0.39, 0.29) is 18.4 Å². The van der Waals surface area contributed by atoms with Gasteiger partial charge in [0.25, 0.3) is 11.8 Å². The molecule has 1 aromatic heterocycles. The van der Waals surface area contributed by atoms with Gasteiger partial charge in [0.1, 0.15) is 5.75 Å². The average molecular weight is 316 g/mol. The third-order valence-electron chi connectivity index (χ3n) is 3.56. The van der Waals surface area contributed by atoms with Crippen molar-refractivity contribution in [1.82, 2.24) is 4.90 Å². The number of nitrogens with zero attached hydrogens (tertiary/aromatic N) is 1. The van der Waals surface area contributed by atoms with Crippen LogP contribution in [0, 0.1) is 6.92 Å². The Labute approximate surface area is 132 Å². The number of thiophene rings is 1. The minimum absolute atomic E-state index is 0.0118. The number of aryl methyl sites for hydroxylation is 1. The first-order valence-corrected chi connectivity index (χ1v) is 7.77. The van der Waals surface area contributed by atoms with Crippen LogP contribution in [0.15, 0.2) is 29.6 Å². The molecule has 1 aliphatic rings. The Balaban J connectivity index is 1.78. The number of hydrogen-bond acceptors (Lipinski definition) is 4. The van der Waals surface area contributed by atoms with Gasteiger partial charge in [-0.3, -0.25) is 9.59 Å². The van der Waals surface area contributed by atoms with Gasteiger partial charge >= 0.3 is 0 Å². The number of benzene rings is 1. The van der Waals surface area contributed by atoms with E-state index < -0.39 is 0 Å². The molecule has 0 atom stereocenters. The lowest BCUT2D eigenvalue weighted by Crippen LogP contribution is -2.28. The fourth-order valence-corrected chi connectivity index (χ4v) is 3.25. The number of fused-ring (bicyclic) bond motifs is 1. The van der Waals surface area contributed by atoms with Gasteiger partial charge in [-0.15, -0.1) is 11.3 Å². The smallest absolute Gasteiger partial charge is 0.262 e. The molecule has 0 fully saturated rings. The maximum atomic E-state index is 12.5. The van der Waals surface area contributed by atoms with E-state index in [1.807, 2.05) is 18.4 Å². The Bertz CT molecular complexity index is 739. The van der Waals surface area contributed by atoms with Crippen LogP contribution in [0.4, 0.5) is 5.69 Å². The summed E-state index contributed by atoms with van der Waals surface area (Å²) in [6.07, 6.45) is 0. The largest absolute Gasteiger partial charge is 0.482 e. The van der Waals surface area contributed by atoms with E-state index in [9.17, 15) is 9.59 Å². The molecule has 22 heavy (non-hydrogen) atoms. The van der Waals surface area contributed by atoms with Gasteiger partial charge in [-0.2, -0.15) is 0 Å². The summed E-state index contributed by atoms with van der Waals surface area (Å²) in [6, 6.07) is 7.14. The molecule has 3 rings (SSSR count). The molecule has 114 valence electrons. The van der Waals surface area contributed by atoms with E-state index in [0.717, 1.165) is 0 Å². The van der Waals surface area contributed by atoms with Crippen molar-refractivity contribution >= 4 is 28.8 Å². The Hall–Kier alpha value is -2.34. The first-order valence-electron chi connectivity index (χ1n) is 6.90. The zero-order valence-electron chi connectivity index (χ0n) is 12.4. The second kappa shape index (κ2) is 5.81. The van der Waals surface area contributed by atoms with Gasteiger partial charge < -0.3 is 15.0 Å². The Morgan fingerprint density at radius 3 is 2.95 bits per heavy atom. The molecule has 1 N–H and O–H groups in total. The van der Waals surface area contributed by atoms with Crippen LogP contribution in [0.2, 0.25) is 0 Å². The summed E-state index contributed by atoms with van der Waals surface area (Å²) in [4.78, 5) is 26.7. The van der Waals surface area contributed by atoms with Crippen molar-refractivity contribution in [2.75, 3.05) is 19.0 Å². The maximum absolute atomic E-state index is 12.5. The molecule has 1 aromatic carbocycles. The minimum Gasteiger partial charge on any atom is -0.482 e. The van der Waals surface area contributed by atoms with Gasteiger partial charge in [0.05, 0.1) is 12.2 Å². The zero-order chi connectivity index (χ0) is 15.7. The van der Waals surface area contributed by atoms with Crippen LogP contribution in [0.3, 0.4) is 0 Å². The quantitative estimate of drug-likeness (QED) is 0.947.